The number of hydrogen-bond acceptors (Lipinski definition) is 2. The van der Waals surface area contributed by atoms with Crippen LogP contribution in [-0.2, 0) is 0 Å². The molecule has 0 heterocycles. The molecule has 0 aliphatic rings. The van der Waals surface area contributed by atoms with E-state index >= 15 is 0 Å². The molecule has 0 radical (unpaired) electrons. The minimum absolute atomic E-state index is 0.175. The monoisotopic (exact) mass is 270 g/mol. The zero-order valence-electron chi connectivity index (χ0n) is 9.58. The molecule has 1 amide bonds. The SMILES string of the molecule is CC(C#N)CN(C)C(=O)c1ccc(Cl)c(Cl)c1. The van der Waals surface area contributed by atoms with Crippen LogP contribution in [0.5, 0.6) is 0 Å². The third-order valence-corrected chi connectivity index (χ3v) is 3.02. The molecule has 5 heteroatoms. The van der Waals surface area contributed by atoms with Crippen LogP contribution in [0.4, 0.5) is 0 Å². The summed E-state index contributed by atoms with van der Waals surface area (Å²) in [5.41, 5.74) is 0.465. The number of carbonyl (C=O) groups is 1. The Morgan fingerprint density at radius 2 is 2.12 bits per heavy atom. The Labute approximate surface area is 111 Å². The lowest BCUT2D eigenvalue weighted by Crippen LogP contribution is -2.30. The van der Waals surface area contributed by atoms with Gasteiger partial charge in [0.05, 0.1) is 22.0 Å². The number of nitriles is 1. The molecular formula is C12H12Cl2N2O. The first kappa shape index (κ1) is 13.8. The van der Waals surface area contributed by atoms with Gasteiger partial charge in [0.15, 0.2) is 0 Å². The summed E-state index contributed by atoms with van der Waals surface area (Å²) in [7, 11) is 1.65. The van der Waals surface area contributed by atoms with Crippen molar-refractivity contribution in [1.82, 2.24) is 4.90 Å². The Morgan fingerprint density at radius 3 is 2.65 bits per heavy atom. The van der Waals surface area contributed by atoms with Gasteiger partial charge in [0.2, 0.25) is 0 Å². The highest BCUT2D eigenvalue weighted by Crippen LogP contribution is 2.23. The lowest BCUT2D eigenvalue weighted by Gasteiger charge is -2.18. The summed E-state index contributed by atoms with van der Waals surface area (Å²) in [6.07, 6.45) is 0. The summed E-state index contributed by atoms with van der Waals surface area (Å²) >= 11 is 11.6. The molecule has 0 aromatic heterocycles. The number of carbonyl (C=O) groups excluding carboxylic acids is 1. The van der Waals surface area contributed by atoms with Crippen molar-refractivity contribution in [3.8, 4) is 6.07 Å². The summed E-state index contributed by atoms with van der Waals surface area (Å²) in [5.74, 6) is -0.377. The third-order valence-electron chi connectivity index (χ3n) is 2.28. The molecule has 0 bridgehead atoms. The van der Waals surface area contributed by atoms with E-state index in [1.54, 1.807) is 26.1 Å². The molecule has 0 saturated heterocycles. The largest absolute Gasteiger partial charge is 0.340 e. The van der Waals surface area contributed by atoms with Crippen LogP contribution in [0.1, 0.15) is 17.3 Å². The number of hydrogen-bond donors (Lipinski definition) is 0. The quantitative estimate of drug-likeness (QED) is 0.847. The zero-order valence-corrected chi connectivity index (χ0v) is 11.1. The predicted octanol–water partition coefficient (Wildman–Crippen LogP) is 3.23. The molecule has 1 atom stereocenters. The molecule has 0 aliphatic heterocycles. The summed E-state index contributed by atoms with van der Waals surface area (Å²) in [4.78, 5) is 13.5. The minimum atomic E-state index is -0.202. The molecule has 0 fully saturated rings. The first-order valence-corrected chi connectivity index (χ1v) is 5.81. The van der Waals surface area contributed by atoms with Crippen LogP contribution in [-0.4, -0.2) is 24.4 Å². The Kier molecular flexibility index (Phi) is 4.80. The second kappa shape index (κ2) is 5.90. The molecule has 0 spiro atoms. The lowest BCUT2D eigenvalue weighted by molar-refractivity contribution is 0.0785. The van der Waals surface area contributed by atoms with Gasteiger partial charge in [0.25, 0.3) is 5.91 Å². The van der Waals surface area contributed by atoms with Crippen molar-refractivity contribution in [2.45, 2.75) is 6.92 Å². The van der Waals surface area contributed by atoms with E-state index in [2.05, 4.69) is 6.07 Å². The lowest BCUT2D eigenvalue weighted by atomic mass is 10.1. The predicted molar refractivity (Wildman–Crippen MR) is 68.2 cm³/mol. The van der Waals surface area contributed by atoms with Crippen molar-refractivity contribution >= 4 is 29.1 Å². The van der Waals surface area contributed by atoms with Crippen molar-refractivity contribution in [3.05, 3.63) is 33.8 Å². The highest BCUT2D eigenvalue weighted by molar-refractivity contribution is 6.42. The van der Waals surface area contributed by atoms with Gasteiger partial charge in [-0.1, -0.05) is 23.2 Å². The van der Waals surface area contributed by atoms with E-state index in [0.29, 0.717) is 22.2 Å². The van der Waals surface area contributed by atoms with E-state index in [1.165, 1.54) is 11.0 Å². The molecule has 17 heavy (non-hydrogen) atoms. The minimum Gasteiger partial charge on any atom is -0.340 e. The molecule has 1 aromatic rings. The van der Waals surface area contributed by atoms with Gasteiger partial charge in [0, 0.05) is 19.2 Å². The summed E-state index contributed by atoms with van der Waals surface area (Å²) in [6, 6.07) is 6.81. The van der Waals surface area contributed by atoms with E-state index in [-0.39, 0.29) is 11.8 Å². The second-order valence-corrected chi connectivity index (χ2v) is 4.66. The van der Waals surface area contributed by atoms with E-state index in [0.717, 1.165) is 0 Å². The molecule has 1 rings (SSSR count). The molecule has 0 N–H and O–H groups in total. The van der Waals surface area contributed by atoms with E-state index < -0.39 is 0 Å². The first-order chi connectivity index (χ1) is 7.95. The maximum Gasteiger partial charge on any atom is 0.253 e. The van der Waals surface area contributed by atoms with Crippen LogP contribution in [0.15, 0.2) is 18.2 Å². The average Bonchev–Trinajstić information content (AvgIpc) is 2.31. The van der Waals surface area contributed by atoms with Crippen LogP contribution in [0.2, 0.25) is 10.0 Å². The summed E-state index contributed by atoms with van der Waals surface area (Å²) in [5, 5.41) is 9.45. The van der Waals surface area contributed by atoms with Gasteiger partial charge in [-0.2, -0.15) is 5.26 Å². The Balaban J connectivity index is 2.82. The van der Waals surface area contributed by atoms with Gasteiger partial charge in [-0.3, -0.25) is 4.79 Å². The maximum atomic E-state index is 12.0. The highest BCUT2D eigenvalue weighted by atomic mass is 35.5. The summed E-state index contributed by atoms with van der Waals surface area (Å²) < 4.78 is 0. The van der Waals surface area contributed by atoms with Crippen LogP contribution >= 0.6 is 23.2 Å². The number of benzene rings is 1. The maximum absolute atomic E-state index is 12.0. The molecule has 1 aromatic carbocycles. The molecule has 90 valence electrons. The molecular weight excluding hydrogens is 259 g/mol. The average molecular weight is 271 g/mol. The molecule has 1 unspecified atom stereocenters. The van der Waals surface area contributed by atoms with Gasteiger partial charge in [-0.15, -0.1) is 0 Å². The summed E-state index contributed by atoms with van der Waals surface area (Å²) in [6.45, 7) is 2.15. The third kappa shape index (κ3) is 3.62. The zero-order chi connectivity index (χ0) is 13.0. The Morgan fingerprint density at radius 1 is 1.47 bits per heavy atom. The molecule has 0 saturated carbocycles. The fraction of sp³-hybridized carbons (Fsp3) is 0.333. The standard InChI is InChI=1S/C12H12Cl2N2O/c1-8(6-15)7-16(2)12(17)9-3-4-10(13)11(14)5-9/h3-5,8H,7H2,1-2H3. The van der Waals surface area contributed by atoms with Crippen molar-refractivity contribution in [3.63, 3.8) is 0 Å². The molecule has 3 nitrogen and oxygen atoms in total. The van der Waals surface area contributed by atoms with E-state index in [9.17, 15) is 4.79 Å². The van der Waals surface area contributed by atoms with Gasteiger partial charge >= 0.3 is 0 Å². The number of rotatable bonds is 3. The fourth-order valence-electron chi connectivity index (χ4n) is 1.38. The molecule has 0 aliphatic carbocycles. The highest BCUT2D eigenvalue weighted by Gasteiger charge is 2.15. The Bertz CT molecular complexity index is 468. The van der Waals surface area contributed by atoms with Crippen LogP contribution in [0.25, 0.3) is 0 Å². The van der Waals surface area contributed by atoms with Crippen LogP contribution in [0.3, 0.4) is 0 Å². The van der Waals surface area contributed by atoms with Crippen LogP contribution < -0.4 is 0 Å². The number of amides is 1. The van der Waals surface area contributed by atoms with Gasteiger partial charge < -0.3 is 4.90 Å². The van der Waals surface area contributed by atoms with E-state index in [1.807, 2.05) is 0 Å². The topological polar surface area (TPSA) is 44.1 Å². The number of halogens is 2. The van der Waals surface area contributed by atoms with E-state index in [4.69, 9.17) is 28.5 Å². The van der Waals surface area contributed by atoms with Gasteiger partial charge in [-0.05, 0) is 25.1 Å². The van der Waals surface area contributed by atoms with Crippen molar-refractivity contribution in [2.75, 3.05) is 13.6 Å². The first-order valence-electron chi connectivity index (χ1n) is 5.06. The Hall–Kier alpha value is -1.24. The van der Waals surface area contributed by atoms with Gasteiger partial charge in [-0.25, -0.2) is 0 Å². The number of nitrogens with zero attached hydrogens (tertiary/aromatic N) is 2. The smallest absolute Gasteiger partial charge is 0.253 e. The van der Waals surface area contributed by atoms with Gasteiger partial charge in [0.1, 0.15) is 0 Å². The van der Waals surface area contributed by atoms with Crippen molar-refractivity contribution in [2.24, 2.45) is 5.92 Å². The normalized spacial score (nSPS) is 11.7. The second-order valence-electron chi connectivity index (χ2n) is 3.84. The van der Waals surface area contributed by atoms with Crippen LogP contribution in [0, 0.1) is 17.2 Å². The van der Waals surface area contributed by atoms with Crippen molar-refractivity contribution in [1.29, 1.82) is 5.26 Å². The fourth-order valence-corrected chi connectivity index (χ4v) is 1.68. The van der Waals surface area contributed by atoms with Crippen molar-refractivity contribution < 1.29 is 4.79 Å².